The van der Waals surface area contributed by atoms with Crippen LogP contribution in [0.25, 0.3) is 0 Å². The van der Waals surface area contributed by atoms with Gasteiger partial charge in [0, 0.05) is 25.3 Å². The summed E-state index contributed by atoms with van der Waals surface area (Å²) in [5.41, 5.74) is 2.38. The standard InChI is InChI=1S/C14H21N3O/c1-11-6-3-4-7-12(11)17-9-5-8-16-14(18)13(17)10-15-2/h3-4,6-7,13,15H,5,8-10H2,1-2H3,(H,16,18). The van der Waals surface area contributed by atoms with E-state index in [1.54, 1.807) is 0 Å². The van der Waals surface area contributed by atoms with Crippen molar-refractivity contribution in [3.63, 3.8) is 0 Å². The van der Waals surface area contributed by atoms with E-state index in [-0.39, 0.29) is 11.9 Å². The zero-order chi connectivity index (χ0) is 13.0. The summed E-state index contributed by atoms with van der Waals surface area (Å²) < 4.78 is 0. The van der Waals surface area contributed by atoms with Gasteiger partial charge in [-0.1, -0.05) is 18.2 Å². The van der Waals surface area contributed by atoms with Crippen LogP contribution in [0.5, 0.6) is 0 Å². The van der Waals surface area contributed by atoms with Crippen LogP contribution in [0.4, 0.5) is 5.69 Å². The molecule has 0 aromatic heterocycles. The maximum atomic E-state index is 12.1. The third-order valence-electron chi connectivity index (χ3n) is 3.38. The van der Waals surface area contributed by atoms with E-state index >= 15 is 0 Å². The lowest BCUT2D eigenvalue weighted by Crippen LogP contribution is -2.49. The van der Waals surface area contributed by atoms with Gasteiger partial charge in [0.25, 0.3) is 0 Å². The predicted octanol–water partition coefficient (Wildman–Crippen LogP) is 0.909. The van der Waals surface area contributed by atoms with Crippen molar-refractivity contribution < 1.29 is 4.79 Å². The number of hydrogen-bond donors (Lipinski definition) is 2. The summed E-state index contributed by atoms with van der Waals surface area (Å²) >= 11 is 0. The molecule has 1 fully saturated rings. The second-order valence-electron chi connectivity index (χ2n) is 4.70. The Kier molecular flexibility index (Phi) is 4.20. The van der Waals surface area contributed by atoms with E-state index < -0.39 is 0 Å². The number of aryl methyl sites for hydroxylation is 1. The van der Waals surface area contributed by atoms with E-state index in [9.17, 15) is 4.79 Å². The van der Waals surface area contributed by atoms with Gasteiger partial charge in [0.15, 0.2) is 0 Å². The fraction of sp³-hybridized carbons (Fsp3) is 0.500. The molecule has 1 amide bonds. The van der Waals surface area contributed by atoms with Crippen molar-refractivity contribution in [1.29, 1.82) is 0 Å². The Labute approximate surface area is 108 Å². The number of anilines is 1. The molecule has 1 aromatic rings. The summed E-state index contributed by atoms with van der Waals surface area (Å²) in [5, 5.41) is 6.09. The SMILES string of the molecule is CNCC1C(=O)NCCCN1c1ccccc1C. The van der Waals surface area contributed by atoms with Gasteiger partial charge in [-0.05, 0) is 32.0 Å². The van der Waals surface area contributed by atoms with Crippen molar-refractivity contribution in [2.45, 2.75) is 19.4 Å². The maximum absolute atomic E-state index is 12.1. The molecule has 2 rings (SSSR count). The van der Waals surface area contributed by atoms with E-state index in [0.29, 0.717) is 6.54 Å². The van der Waals surface area contributed by atoms with Crippen LogP contribution in [0.3, 0.4) is 0 Å². The Morgan fingerprint density at radius 2 is 2.22 bits per heavy atom. The Bertz CT molecular complexity index is 419. The molecule has 1 heterocycles. The van der Waals surface area contributed by atoms with Gasteiger partial charge < -0.3 is 15.5 Å². The normalized spacial score (nSPS) is 20.4. The highest BCUT2D eigenvalue weighted by Gasteiger charge is 2.28. The molecular formula is C14H21N3O. The fourth-order valence-corrected chi connectivity index (χ4v) is 2.45. The number of benzene rings is 1. The first-order chi connectivity index (χ1) is 8.74. The first kappa shape index (κ1) is 12.9. The smallest absolute Gasteiger partial charge is 0.244 e. The van der Waals surface area contributed by atoms with E-state index in [4.69, 9.17) is 0 Å². The highest BCUT2D eigenvalue weighted by Crippen LogP contribution is 2.22. The van der Waals surface area contributed by atoms with E-state index in [1.165, 1.54) is 5.56 Å². The maximum Gasteiger partial charge on any atom is 0.244 e. The number of carbonyl (C=O) groups excluding carboxylic acids is 1. The minimum absolute atomic E-state index is 0.116. The summed E-state index contributed by atoms with van der Waals surface area (Å²) in [6.45, 7) is 4.44. The number of hydrogen-bond acceptors (Lipinski definition) is 3. The molecule has 4 nitrogen and oxygen atoms in total. The van der Waals surface area contributed by atoms with E-state index in [1.807, 2.05) is 19.2 Å². The highest BCUT2D eigenvalue weighted by atomic mass is 16.2. The van der Waals surface area contributed by atoms with Crippen molar-refractivity contribution in [3.05, 3.63) is 29.8 Å². The molecule has 4 heteroatoms. The van der Waals surface area contributed by atoms with Crippen molar-refractivity contribution in [2.24, 2.45) is 0 Å². The average Bonchev–Trinajstić information content (AvgIpc) is 2.54. The van der Waals surface area contributed by atoms with Gasteiger partial charge in [-0.15, -0.1) is 0 Å². The molecule has 1 aliphatic rings. The molecule has 0 saturated carbocycles. The minimum atomic E-state index is -0.126. The van der Waals surface area contributed by atoms with Gasteiger partial charge in [-0.2, -0.15) is 0 Å². The topological polar surface area (TPSA) is 44.4 Å². The number of nitrogens with one attached hydrogen (secondary N) is 2. The molecule has 98 valence electrons. The van der Waals surface area contributed by atoms with Gasteiger partial charge in [-0.25, -0.2) is 0 Å². The monoisotopic (exact) mass is 247 g/mol. The van der Waals surface area contributed by atoms with Gasteiger partial charge in [0.1, 0.15) is 6.04 Å². The lowest BCUT2D eigenvalue weighted by molar-refractivity contribution is -0.121. The summed E-state index contributed by atoms with van der Waals surface area (Å²) in [5.74, 6) is 0.116. The number of nitrogens with zero attached hydrogens (tertiary/aromatic N) is 1. The second kappa shape index (κ2) is 5.87. The second-order valence-corrected chi connectivity index (χ2v) is 4.70. The molecule has 0 aliphatic carbocycles. The third-order valence-corrected chi connectivity index (χ3v) is 3.38. The summed E-state index contributed by atoms with van der Waals surface area (Å²) in [6, 6.07) is 8.12. The first-order valence-corrected chi connectivity index (χ1v) is 6.48. The fourth-order valence-electron chi connectivity index (χ4n) is 2.45. The number of amides is 1. The Balaban J connectivity index is 2.32. The molecular weight excluding hydrogens is 226 g/mol. The summed E-state index contributed by atoms with van der Waals surface area (Å²) in [4.78, 5) is 14.3. The highest BCUT2D eigenvalue weighted by molar-refractivity contribution is 5.86. The quantitative estimate of drug-likeness (QED) is 0.834. The van der Waals surface area contributed by atoms with Crippen molar-refractivity contribution in [2.75, 3.05) is 31.6 Å². The van der Waals surface area contributed by atoms with Crippen LogP contribution in [0.2, 0.25) is 0 Å². The molecule has 2 N–H and O–H groups in total. The molecule has 0 bridgehead atoms. The van der Waals surface area contributed by atoms with Gasteiger partial charge >= 0.3 is 0 Å². The van der Waals surface area contributed by atoms with Crippen LogP contribution in [-0.4, -0.2) is 38.6 Å². The number of rotatable bonds is 3. The third kappa shape index (κ3) is 2.64. The van der Waals surface area contributed by atoms with Crippen molar-refractivity contribution >= 4 is 11.6 Å². The molecule has 1 unspecified atom stereocenters. The van der Waals surface area contributed by atoms with Crippen LogP contribution in [0.1, 0.15) is 12.0 Å². The number of para-hydroxylation sites is 1. The van der Waals surface area contributed by atoms with Crippen molar-refractivity contribution in [3.8, 4) is 0 Å². The molecule has 1 atom stereocenters. The number of carbonyl (C=O) groups is 1. The molecule has 1 aromatic carbocycles. The zero-order valence-corrected chi connectivity index (χ0v) is 11.1. The Hall–Kier alpha value is -1.55. The van der Waals surface area contributed by atoms with Crippen LogP contribution >= 0.6 is 0 Å². The van der Waals surface area contributed by atoms with Crippen LogP contribution < -0.4 is 15.5 Å². The zero-order valence-electron chi connectivity index (χ0n) is 11.1. The Morgan fingerprint density at radius 1 is 1.44 bits per heavy atom. The molecule has 1 aliphatic heterocycles. The summed E-state index contributed by atoms with van der Waals surface area (Å²) in [6.07, 6.45) is 0.986. The molecule has 18 heavy (non-hydrogen) atoms. The van der Waals surface area contributed by atoms with Gasteiger partial charge in [0.2, 0.25) is 5.91 Å². The summed E-state index contributed by atoms with van der Waals surface area (Å²) in [7, 11) is 1.88. The number of likely N-dealkylation sites (N-methyl/N-ethyl adjacent to an activating group) is 1. The molecule has 0 radical (unpaired) electrons. The Morgan fingerprint density at radius 3 is 2.94 bits per heavy atom. The average molecular weight is 247 g/mol. The molecule has 0 spiro atoms. The minimum Gasteiger partial charge on any atom is -0.358 e. The van der Waals surface area contributed by atoms with Gasteiger partial charge in [-0.3, -0.25) is 4.79 Å². The van der Waals surface area contributed by atoms with Crippen LogP contribution in [0, 0.1) is 6.92 Å². The lowest BCUT2D eigenvalue weighted by Gasteiger charge is -2.31. The van der Waals surface area contributed by atoms with Gasteiger partial charge in [0.05, 0.1) is 0 Å². The van der Waals surface area contributed by atoms with Crippen LogP contribution in [-0.2, 0) is 4.79 Å². The largest absolute Gasteiger partial charge is 0.358 e. The first-order valence-electron chi connectivity index (χ1n) is 6.48. The predicted molar refractivity (Wildman–Crippen MR) is 73.9 cm³/mol. The van der Waals surface area contributed by atoms with E-state index in [2.05, 4.69) is 34.6 Å². The molecule has 1 saturated heterocycles. The lowest BCUT2D eigenvalue weighted by atomic mass is 10.1. The van der Waals surface area contributed by atoms with E-state index in [0.717, 1.165) is 25.2 Å². The van der Waals surface area contributed by atoms with Crippen molar-refractivity contribution in [1.82, 2.24) is 10.6 Å². The van der Waals surface area contributed by atoms with Crippen LogP contribution in [0.15, 0.2) is 24.3 Å².